The molecule has 0 spiro atoms. The van der Waals surface area contributed by atoms with Crippen molar-refractivity contribution in [3.05, 3.63) is 115 Å². The molecule has 0 aliphatic carbocycles. The lowest BCUT2D eigenvalue weighted by atomic mass is 9.95. The van der Waals surface area contributed by atoms with Gasteiger partial charge in [-0.05, 0) is 60.5 Å². The molecule has 2 heterocycles. The number of fused-ring (bicyclic) bond motifs is 1. The van der Waals surface area contributed by atoms with E-state index in [0.717, 1.165) is 11.3 Å². The van der Waals surface area contributed by atoms with Crippen molar-refractivity contribution in [2.45, 2.75) is 19.6 Å². The number of carbonyl (C=O) groups is 1. The zero-order valence-corrected chi connectivity index (χ0v) is 23.1. The van der Waals surface area contributed by atoms with Gasteiger partial charge in [-0.15, -0.1) is 0 Å². The van der Waals surface area contributed by atoms with Crippen molar-refractivity contribution in [2.24, 2.45) is 4.99 Å². The number of rotatable bonds is 8. The lowest BCUT2D eigenvalue weighted by Gasteiger charge is -2.25. The van der Waals surface area contributed by atoms with E-state index in [4.69, 9.17) is 9.47 Å². The number of nitrogens with zero attached hydrogens (tertiary/aromatic N) is 2. The Morgan fingerprint density at radius 1 is 1.02 bits per heavy atom. The van der Waals surface area contributed by atoms with E-state index >= 15 is 0 Å². The molecule has 1 N–H and O–H groups in total. The van der Waals surface area contributed by atoms with Gasteiger partial charge in [-0.3, -0.25) is 14.2 Å². The van der Waals surface area contributed by atoms with Gasteiger partial charge in [0.15, 0.2) is 16.3 Å². The quantitative estimate of drug-likeness (QED) is 0.333. The number of alkyl halides is 2. The molecule has 0 unspecified atom stereocenters. The normalized spacial score (nSPS) is 14.9. The number of anilines is 1. The van der Waals surface area contributed by atoms with Crippen molar-refractivity contribution in [1.29, 1.82) is 0 Å². The number of ether oxygens (including phenoxy) is 3. The van der Waals surface area contributed by atoms with Gasteiger partial charge < -0.3 is 19.5 Å². The van der Waals surface area contributed by atoms with E-state index < -0.39 is 12.7 Å². The van der Waals surface area contributed by atoms with Crippen LogP contribution in [0.4, 0.5) is 14.5 Å². The molecule has 1 amide bonds. The first-order chi connectivity index (χ1) is 19.8. The van der Waals surface area contributed by atoms with Crippen LogP contribution in [0, 0.1) is 0 Å². The van der Waals surface area contributed by atoms with Crippen LogP contribution < -0.4 is 34.4 Å². The number of para-hydroxylation sites is 1. The molecule has 0 radical (unpaired) electrons. The lowest BCUT2D eigenvalue weighted by Crippen LogP contribution is -2.40. The van der Waals surface area contributed by atoms with Crippen LogP contribution in [-0.2, 0) is 4.79 Å². The number of hydrogen-bond donors (Lipinski definition) is 1. The molecule has 41 heavy (non-hydrogen) atoms. The van der Waals surface area contributed by atoms with E-state index in [1.165, 1.54) is 23.8 Å². The highest BCUT2D eigenvalue weighted by molar-refractivity contribution is 7.07. The number of aromatic nitrogens is 1. The Balaban J connectivity index is 1.64. The van der Waals surface area contributed by atoms with Crippen LogP contribution in [0.1, 0.15) is 24.1 Å². The predicted molar refractivity (Wildman–Crippen MR) is 151 cm³/mol. The summed E-state index contributed by atoms with van der Waals surface area (Å²) in [5.41, 5.74) is 2.22. The number of hydrogen-bond acceptors (Lipinski definition) is 7. The van der Waals surface area contributed by atoms with E-state index in [1.54, 1.807) is 56.5 Å². The Kier molecular flexibility index (Phi) is 7.97. The Hall–Kier alpha value is -4.77. The van der Waals surface area contributed by atoms with Crippen LogP contribution >= 0.6 is 11.3 Å². The summed E-state index contributed by atoms with van der Waals surface area (Å²) >= 11 is 1.15. The molecule has 210 valence electrons. The third-order valence-corrected chi connectivity index (χ3v) is 7.39. The first-order valence-electron chi connectivity index (χ1n) is 12.4. The van der Waals surface area contributed by atoms with Crippen molar-refractivity contribution in [3.8, 4) is 17.2 Å². The molecule has 1 atom stereocenters. The lowest BCUT2D eigenvalue weighted by molar-refractivity contribution is -0.113. The van der Waals surface area contributed by atoms with Crippen LogP contribution in [0.25, 0.3) is 6.08 Å². The number of nitrogens with one attached hydrogen (secondary N) is 1. The molecular weight excluding hydrogens is 552 g/mol. The number of benzene rings is 3. The van der Waals surface area contributed by atoms with Crippen molar-refractivity contribution in [2.75, 3.05) is 19.5 Å². The van der Waals surface area contributed by atoms with Gasteiger partial charge in [0, 0.05) is 5.69 Å². The highest BCUT2D eigenvalue weighted by Gasteiger charge is 2.32. The molecule has 1 aromatic heterocycles. The minimum Gasteiger partial charge on any atom is -0.497 e. The van der Waals surface area contributed by atoms with Gasteiger partial charge in [-0.2, -0.15) is 8.78 Å². The summed E-state index contributed by atoms with van der Waals surface area (Å²) in [5, 5.41) is 2.91. The molecule has 3 aromatic carbocycles. The Bertz CT molecular complexity index is 1820. The summed E-state index contributed by atoms with van der Waals surface area (Å²) in [4.78, 5) is 32.6. The second-order valence-electron chi connectivity index (χ2n) is 8.97. The molecule has 8 nitrogen and oxygen atoms in total. The molecule has 0 saturated carbocycles. The first kappa shape index (κ1) is 27.8. The maximum atomic E-state index is 13.9. The molecule has 4 aromatic rings. The van der Waals surface area contributed by atoms with Crippen LogP contribution in [0.15, 0.2) is 93.9 Å². The molecular formula is C30H25F2N3O5S. The van der Waals surface area contributed by atoms with Crippen molar-refractivity contribution < 1.29 is 27.8 Å². The monoisotopic (exact) mass is 577 g/mol. The largest absolute Gasteiger partial charge is 0.497 e. The summed E-state index contributed by atoms with van der Waals surface area (Å²) in [7, 11) is 2.88. The highest BCUT2D eigenvalue weighted by atomic mass is 32.1. The third-order valence-electron chi connectivity index (χ3n) is 6.41. The van der Waals surface area contributed by atoms with E-state index in [9.17, 15) is 18.4 Å². The van der Waals surface area contributed by atoms with Gasteiger partial charge in [0.2, 0.25) is 0 Å². The summed E-state index contributed by atoms with van der Waals surface area (Å²) in [6, 6.07) is 19.8. The average Bonchev–Trinajstić information content (AvgIpc) is 3.27. The Morgan fingerprint density at radius 2 is 1.80 bits per heavy atom. The zero-order chi connectivity index (χ0) is 29.1. The molecule has 11 heteroatoms. The van der Waals surface area contributed by atoms with Crippen LogP contribution in [0.3, 0.4) is 0 Å². The zero-order valence-electron chi connectivity index (χ0n) is 22.3. The minimum absolute atomic E-state index is 0.0943. The average molecular weight is 578 g/mol. The van der Waals surface area contributed by atoms with Crippen LogP contribution in [0.2, 0.25) is 0 Å². The maximum Gasteiger partial charge on any atom is 0.387 e. The molecule has 0 saturated heterocycles. The second-order valence-corrected chi connectivity index (χ2v) is 9.98. The Labute approximate surface area is 237 Å². The molecule has 1 aliphatic rings. The molecule has 0 fully saturated rings. The second kappa shape index (κ2) is 11.8. The third kappa shape index (κ3) is 5.75. The van der Waals surface area contributed by atoms with E-state index in [0.29, 0.717) is 43.2 Å². The number of thiazole rings is 1. The summed E-state index contributed by atoms with van der Waals surface area (Å²) in [5.74, 6) is 0.153. The van der Waals surface area contributed by atoms with Crippen LogP contribution in [-0.4, -0.2) is 31.3 Å². The fraction of sp³-hybridized carbons (Fsp3) is 0.167. The van der Waals surface area contributed by atoms with Gasteiger partial charge in [0.05, 0.1) is 36.1 Å². The fourth-order valence-electron chi connectivity index (χ4n) is 4.58. The van der Waals surface area contributed by atoms with E-state index in [1.807, 2.05) is 24.3 Å². The van der Waals surface area contributed by atoms with E-state index in [2.05, 4.69) is 15.0 Å². The van der Waals surface area contributed by atoms with Crippen molar-refractivity contribution in [1.82, 2.24) is 4.57 Å². The standard InChI is InChI=1S/C30H25F2N3O5S/c1-17-25(27(36)34-20-9-5-4-6-10-20)26(19-8-7-11-21(16-19)38-2)35-28(37)24(41-30(35)33-17)15-18-12-13-22(40-29(31)32)23(14-18)39-3/h4-16,26,29H,1-3H3,(H,34,36)/b24-15+/t26-/m0/s1. The van der Waals surface area contributed by atoms with E-state index in [-0.39, 0.29) is 23.0 Å². The SMILES string of the molecule is COc1cccc([C@H]2C(C(=O)Nc3ccccc3)=C(C)N=c3s/c(=C/c4ccc(OC(F)F)c(OC)c4)c(=O)n32)c1. The smallest absolute Gasteiger partial charge is 0.387 e. The first-order valence-corrected chi connectivity index (χ1v) is 13.3. The van der Waals surface area contributed by atoms with Gasteiger partial charge >= 0.3 is 6.61 Å². The highest BCUT2D eigenvalue weighted by Crippen LogP contribution is 2.33. The van der Waals surface area contributed by atoms with Gasteiger partial charge in [-0.25, -0.2) is 4.99 Å². The fourth-order valence-corrected chi connectivity index (χ4v) is 5.62. The number of carbonyl (C=O) groups excluding carboxylic acids is 1. The Morgan fingerprint density at radius 3 is 2.51 bits per heavy atom. The number of halogens is 2. The van der Waals surface area contributed by atoms with Gasteiger partial charge in [-0.1, -0.05) is 47.7 Å². The number of methoxy groups -OCH3 is 2. The van der Waals surface area contributed by atoms with Crippen LogP contribution in [0.5, 0.6) is 17.2 Å². The topological polar surface area (TPSA) is 91.2 Å². The minimum atomic E-state index is -3.01. The van der Waals surface area contributed by atoms with Gasteiger partial charge in [0.1, 0.15) is 5.75 Å². The summed E-state index contributed by atoms with van der Waals surface area (Å²) in [6.07, 6.45) is 1.62. The number of allylic oxidation sites excluding steroid dienone is 1. The summed E-state index contributed by atoms with van der Waals surface area (Å²) in [6.45, 7) is -1.27. The predicted octanol–water partition coefficient (Wildman–Crippen LogP) is 4.49. The molecule has 5 rings (SSSR count). The van der Waals surface area contributed by atoms with Crippen molar-refractivity contribution >= 4 is 29.0 Å². The molecule has 1 aliphatic heterocycles. The molecule has 0 bridgehead atoms. The van der Waals surface area contributed by atoms with Crippen molar-refractivity contribution in [3.63, 3.8) is 0 Å². The van der Waals surface area contributed by atoms with Gasteiger partial charge in [0.25, 0.3) is 11.5 Å². The summed E-state index contributed by atoms with van der Waals surface area (Å²) < 4.78 is 42.4. The maximum absolute atomic E-state index is 13.9. The number of amides is 1.